The highest BCUT2D eigenvalue weighted by atomic mass is 35.5. The number of thiophene rings is 1. The van der Waals surface area contributed by atoms with Crippen molar-refractivity contribution < 1.29 is 18.8 Å². The average Bonchev–Trinajstić information content (AvgIpc) is 3.45. The monoisotopic (exact) mass is 470 g/mol. The van der Waals surface area contributed by atoms with Crippen LogP contribution in [0.4, 0.5) is 0 Å². The van der Waals surface area contributed by atoms with Gasteiger partial charge in [-0.25, -0.2) is 5.43 Å². The van der Waals surface area contributed by atoms with Gasteiger partial charge in [0.1, 0.15) is 5.76 Å². The maximum absolute atomic E-state index is 12.7. The lowest BCUT2D eigenvalue weighted by molar-refractivity contribution is 0.0829. The van der Waals surface area contributed by atoms with Crippen molar-refractivity contribution in [2.45, 2.75) is 26.2 Å². The van der Waals surface area contributed by atoms with Crippen molar-refractivity contribution in [2.75, 3.05) is 0 Å². The number of nitrogens with zero attached hydrogens (tertiary/aromatic N) is 1. The Kier molecular flexibility index (Phi) is 6.38. The van der Waals surface area contributed by atoms with Crippen molar-refractivity contribution in [3.8, 4) is 0 Å². The van der Waals surface area contributed by atoms with E-state index in [9.17, 15) is 14.4 Å². The molecule has 32 heavy (non-hydrogen) atoms. The molecule has 4 rings (SSSR count). The fourth-order valence-corrected chi connectivity index (χ4v) is 4.16. The number of rotatable bonds is 4. The predicted molar refractivity (Wildman–Crippen MR) is 121 cm³/mol. The molecule has 164 valence electrons. The number of hydrogen-bond acceptors (Lipinski definition) is 6. The number of halogens is 1. The van der Waals surface area contributed by atoms with E-state index in [2.05, 4.69) is 21.4 Å². The smallest absolute Gasteiger partial charge is 0.305 e. The minimum Gasteiger partial charge on any atom is -0.455 e. The van der Waals surface area contributed by atoms with Crippen LogP contribution in [0.2, 0.25) is 5.02 Å². The first-order chi connectivity index (χ1) is 15.4. The van der Waals surface area contributed by atoms with Crippen LogP contribution in [-0.4, -0.2) is 23.4 Å². The van der Waals surface area contributed by atoms with E-state index < -0.39 is 11.8 Å². The third-order valence-electron chi connectivity index (χ3n) is 4.97. The van der Waals surface area contributed by atoms with E-state index in [1.807, 2.05) is 5.38 Å². The summed E-state index contributed by atoms with van der Waals surface area (Å²) in [6.45, 7) is 1.75. The number of hydrogen-bond donors (Lipinski definition) is 3. The van der Waals surface area contributed by atoms with E-state index in [-0.39, 0.29) is 11.7 Å². The summed E-state index contributed by atoms with van der Waals surface area (Å²) in [6, 6.07) is 9.78. The van der Waals surface area contributed by atoms with Crippen molar-refractivity contribution in [2.24, 2.45) is 5.10 Å². The van der Waals surface area contributed by atoms with Gasteiger partial charge in [0, 0.05) is 28.1 Å². The Morgan fingerprint density at radius 2 is 1.78 bits per heavy atom. The van der Waals surface area contributed by atoms with E-state index in [0.29, 0.717) is 45.3 Å². The minimum atomic E-state index is -0.582. The first kappa shape index (κ1) is 21.8. The summed E-state index contributed by atoms with van der Waals surface area (Å²) in [7, 11) is 0. The van der Waals surface area contributed by atoms with Gasteiger partial charge in [0.15, 0.2) is 5.76 Å². The van der Waals surface area contributed by atoms with Gasteiger partial charge in [0.25, 0.3) is 11.8 Å². The Balaban J connectivity index is 1.47. The van der Waals surface area contributed by atoms with E-state index >= 15 is 0 Å². The molecule has 3 amide bonds. The maximum Gasteiger partial charge on any atom is 0.305 e. The Labute approximate surface area is 192 Å². The molecule has 10 heteroatoms. The quantitative estimate of drug-likeness (QED) is 0.502. The van der Waals surface area contributed by atoms with Crippen LogP contribution in [0.3, 0.4) is 0 Å². The number of fused-ring (bicyclic) bond motifs is 1. The van der Waals surface area contributed by atoms with Crippen molar-refractivity contribution in [3.05, 3.63) is 79.9 Å². The summed E-state index contributed by atoms with van der Waals surface area (Å²) in [5.41, 5.74) is 9.63. The zero-order valence-corrected chi connectivity index (χ0v) is 18.6. The van der Waals surface area contributed by atoms with Crippen LogP contribution in [0.15, 0.2) is 51.3 Å². The van der Waals surface area contributed by atoms with Crippen LogP contribution in [0.1, 0.15) is 60.3 Å². The molecule has 8 nitrogen and oxygen atoms in total. The van der Waals surface area contributed by atoms with Crippen molar-refractivity contribution in [1.29, 1.82) is 0 Å². The van der Waals surface area contributed by atoms with Gasteiger partial charge in [0.05, 0.1) is 10.6 Å². The van der Waals surface area contributed by atoms with Crippen molar-refractivity contribution in [3.63, 3.8) is 0 Å². The molecule has 0 aliphatic heterocycles. The molecule has 1 aliphatic carbocycles. The van der Waals surface area contributed by atoms with Crippen LogP contribution < -0.4 is 16.3 Å². The molecule has 2 aromatic heterocycles. The van der Waals surface area contributed by atoms with Crippen LogP contribution in [0, 0.1) is 6.92 Å². The third kappa shape index (κ3) is 4.58. The topological polar surface area (TPSA) is 113 Å². The molecule has 0 unspecified atom stereocenters. The third-order valence-corrected chi connectivity index (χ3v) is 6.09. The summed E-state index contributed by atoms with van der Waals surface area (Å²) in [5, 5.41) is 6.61. The van der Waals surface area contributed by atoms with Gasteiger partial charge >= 0.3 is 5.91 Å². The highest BCUT2D eigenvalue weighted by Gasteiger charge is 2.28. The van der Waals surface area contributed by atoms with E-state index in [1.54, 1.807) is 43.3 Å². The molecule has 0 bridgehead atoms. The lowest BCUT2D eigenvalue weighted by atomic mass is 9.93. The fraction of sp³-hybridized carbons (Fsp3) is 0.182. The molecule has 1 aliphatic rings. The second kappa shape index (κ2) is 9.37. The summed E-state index contributed by atoms with van der Waals surface area (Å²) < 4.78 is 5.79. The Bertz CT molecular complexity index is 1200. The zero-order valence-electron chi connectivity index (χ0n) is 17.0. The standard InChI is InChI=1S/C22H19ClN4O4S/c1-12-18-15(24-26-21(29)17-6-3-11-32-17)4-2-5-16(18)31-19(12)22(30)27-25-20(28)13-7-9-14(23)10-8-13/h3,6-11H,2,4-5H2,1H3,(H,25,28)(H,26,29)(H,27,30)/b24-15+. The SMILES string of the molecule is Cc1c(C(=O)NNC(=O)c2ccc(Cl)cc2)oc2c1/C(=N/NC(=O)c1cccs1)CCC2. The predicted octanol–water partition coefficient (Wildman–Crippen LogP) is 3.85. The van der Waals surface area contributed by atoms with Crippen molar-refractivity contribution in [1.82, 2.24) is 16.3 Å². The van der Waals surface area contributed by atoms with E-state index in [1.165, 1.54) is 11.3 Å². The van der Waals surface area contributed by atoms with Gasteiger partial charge in [-0.2, -0.15) is 5.10 Å². The molecule has 1 aromatic carbocycles. The van der Waals surface area contributed by atoms with Gasteiger partial charge in [-0.3, -0.25) is 25.2 Å². The van der Waals surface area contributed by atoms with Crippen LogP contribution in [0.5, 0.6) is 0 Å². The number of benzene rings is 1. The number of furan rings is 1. The van der Waals surface area contributed by atoms with E-state index in [4.69, 9.17) is 16.0 Å². The molecular weight excluding hydrogens is 452 g/mol. The molecule has 0 saturated carbocycles. The number of carbonyl (C=O) groups is 3. The zero-order chi connectivity index (χ0) is 22.7. The highest BCUT2D eigenvalue weighted by molar-refractivity contribution is 7.12. The fourth-order valence-electron chi connectivity index (χ4n) is 3.42. The van der Waals surface area contributed by atoms with Crippen LogP contribution in [0.25, 0.3) is 0 Å². The van der Waals surface area contributed by atoms with Crippen LogP contribution in [-0.2, 0) is 6.42 Å². The minimum absolute atomic E-state index is 0.0885. The Hall–Kier alpha value is -3.43. The van der Waals surface area contributed by atoms with Gasteiger partial charge < -0.3 is 4.42 Å². The lowest BCUT2D eigenvalue weighted by Crippen LogP contribution is -2.41. The number of aryl methyl sites for hydroxylation is 1. The summed E-state index contributed by atoms with van der Waals surface area (Å²) >= 11 is 7.15. The Morgan fingerprint density at radius 3 is 2.50 bits per heavy atom. The normalized spacial score (nSPS) is 14.0. The van der Waals surface area contributed by atoms with Crippen molar-refractivity contribution >= 4 is 46.4 Å². The van der Waals surface area contributed by atoms with Gasteiger partial charge in [-0.15, -0.1) is 11.3 Å². The molecular formula is C22H19ClN4O4S. The number of carbonyl (C=O) groups excluding carboxylic acids is 3. The second-order valence-electron chi connectivity index (χ2n) is 7.10. The molecule has 0 saturated heterocycles. The van der Waals surface area contributed by atoms with Gasteiger partial charge in [-0.05, 0) is 55.5 Å². The lowest BCUT2D eigenvalue weighted by Gasteiger charge is -2.13. The molecule has 0 radical (unpaired) electrons. The first-order valence-corrected chi connectivity index (χ1v) is 11.1. The largest absolute Gasteiger partial charge is 0.455 e. The average molecular weight is 471 g/mol. The summed E-state index contributed by atoms with van der Waals surface area (Å²) in [5.74, 6) is -0.634. The summed E-state index contributed by atoms with van der Waals surface area (Å²) in [6.07, 6.45) is 2.08. The number of nitrogens with one attached hydrogen (secondary N) is 3. The number of amides is 3. The molecule has 3 aromatic rings. The molecule has 0 fully saturated rings. The molecule has 0 atom stereocenters. The van der Waals surface area contributed by atoms with E-state index in [0.717, 1.165) is 12.0 Å². The van der Waals surface area contributed by atoms with Gasteiger partial charge in [0.2, 0.25) is 0 Å². The number of hydrazine groups is 1. The Morgan fingerprint density at radius 1 is 1.03 bits per heavy atom. The highest BCUT2D eigenvalue weighted by Crippen LogP contribution is 2.29. The van der Waals surface area contributed by atoms with Crippen LogP contribution >= 0.6 is 22.9 Å². The molecule has 3 N–H and O–H groups in total. The molecule has 0 spiro atoms. The first-order valence-electron chi connectivity index (χ1n) is 9.83. The van der Waals surface area contributed by atoms with Gasteiger partial charge in [-0.1, -0.05) is 17.7 Å². The number of hydrazone groups is 1. The second-order valence-corrected chi connectivity index (χ2v) is 8.48. The summed E-state index contributed by atoms with van der Waals surface area (Å²) in [4.78, 5) is 37.6. The maximum atomic E-state index is 12.7. The molecule has 2 heterocycles.